The molecule has 1 saturated heterocycles. The summed E-state index contributed by atoms with van der Waals surface area (Å²) in [5.74, 6) is 1.75. The minimum Gasteiger partial charge on any atom is -0.446 e. The van der Waals surface area contributed by atoms with Crippen molar-refractivity contribution in [1.82, 2.24) is 20.5 Å². The molecule has 2 unspecified atom stereocenters. The molecule has 9 nitrogen and oxygen atoms in total. The molecule has 1 amide bonds. The highest BCUT2D eigenvalue weighted by atomic mass is 16.7. The largest absolute Gasteiger partial charge is 0.446 e. The topological polar surface area (TPSA) is 104 Å². The number of hydrogen-bond acceptors (Lipinski definition) is 7. The molecular weight excluding hydrogens is 372 g/mol. The van der Waals surface area contributed by atoms with Crippen molar-refractivity contribution in [2.45, 2.75) is 57.6 Å². The van der Waals surface area contributed by atoms with Crippen molar-refractivity contribution in [3.8, 4) is 0 Å². The molecule has 9 heteroatoms. The quantitative estimate of drug-likeness (QED) is 0.682. The minimum atomic E-state index is -0.341. The summed E-state index contributed by atoms with van der Waals surface area (Å²) < 4.78 is 5.51. The van der Waals surface area contributed by atoms with Crippen LogP contribution in [0.25, 0.3) is 0 Å². The monoisotopic (exact) mass is 400 g/mol. The first-order valence-corrected chi connectivity index (χ1v) is 10.2. The number of pyridine rings is 1. The van der Waals surface area contributed by atoms with Crippen LogP contribution in [-0.2, 0) is 9.57 Å². The van der Waals surface area contributed by atoms with Gasteiger partial charge in [0.15, 0.2) is 5.82 Å². The van der Waals surface area contributed by atoms with E-state index in [2.05, 4.69) is 25.8 Å². The zero-order chi connectivity index (χ0) is 20.2. The molecule has 1 aliphatic carbocycles. The summed E-state index contributed by atoms with van der Waals surface area (Å²) in [7, 11) is 0. The minimum absolute atomic E-state index is 0.0551. The third kappa shape index (κ3) is 4.97. The number of H-pyrrole nitrogens is 1. The Bertz CT molecular complexity index is 816. The molecule has 2 aliphatic rings. The van der Waals surface area contributed by atoms with Gasteiger partial charge >= 0.3 is 6.09 Å². The molecule has 0 aromatic carbocycles. The standard InChI is InChI=1S/C20H28N6O3/c1-13(2)22-20(27)29-16-6-4-14(10-16)17-11-19(25-24-17)23-18-7-5-15(12-21-18)26-8-3-9-28-26/h5,7,11-14,16H,3-4,6,8-10H2,1-2H3,(H,22,27)(H2,21,23,24,25). The van der Waals surface area contributed by atoms with Crippen LogP contribution >= 0.6 is 0 Å². The van der Waals surface area contributed by atoms with E-state index in [4.69, 9.17) is 9.57 Å². The van der Waals surface area contributed by atoms with Gasteiger partial charge in [0.25, 0.3) is 0 Å². The maximum absolute atomic E-state index is 11.8. The number of hydrogen-bond donors (Lipinski definition) is 3. The van der Waals surface area contributed by atoms with Gasteiger partial charge in [0, 0.05) is 30.3 Å². The first kappa shape index (κ1) is 19.5. The lowest BCUT2D eigenvalue weighted by molar-refractivity contribution is 0.0981. The van der Waals surface area contributed by atoms with Crippen LogP contribution in [0, 0.1) is 0 Å². The number of aromatic amines is 1. The second kappa shape index (κ2) is 8.69. The number of ether oxygens (including phenoxy) is 1. The van der Waals surface area contributed by atoms with Crippen LogP contribution in [0.2, 0.25) is 0 Å². The number of aromatic nitrogens is 3. The Hall–Kier alpha value is -2.81. The van der Waals surface area contributed by atoms with Crippen LogP contribution in [0.1, 0.15) is 51.1 Å². The van der Waals surface area contributed by atoms with E-state index in [1.54, 1.807) is 6.20 Å². The van der Waals surface area contributed by atoms with E-state index < -0.39 is 0 Å². The second-order valence-corrected chi connectivity index (χ2v) is 7.86. The van der Waals surface area contributed by atoms with Gasteiger partial charge in [-0.2, -0.15) is 5.10 Å². The number of nitrogens with zero attached hydrogens (tertiary/aromatic N) is 3. The predicted octanol–water partition coefficient (Wildman–Crippen LogP) is 3.46. The van der Waals surface area contributed by atoms with Gasteiger partial charge in [-0.15, -0.1) is 0 Å². The number of rotatable bonds is 6. The van der Waals surface area contributed by atoms with Gasteiger partial charge in [-0.1, -0.05) is 0 Å². The van der Waals surface area contributed by atoms with E-state index in [0.717, 1.165) is 61.9 Å². The number of hydroxylamine groups is 1. The number of nitrogens with one attached hydrogen (secondary N) is 3. The number of alkyl carbamates (subject to hydrolysis) is 1. The first-order chi connectivity index (χ1) is 14.1. The highest BCUT2D eigenvalue weighted by Crippen LogP contribution is 2.36. The summed E-state index contributed by atoms with van der Waals surface area (Å²) in [6, 6.07) is 5.97. The lowest BCUT2D eigenvalue weighted by atomic mass is 10.0. The van der Waals surface area contributed by atoms with Crippen molar-refractivity contribution >= 4 is 23.4 Å². The van der Waals surface area contributed by atoms with E-state index in [-0.39, 0.29) is 18.2 Å². The Labute approximate surface area is 170 Å². The van der Waals surface area contributed by atoms with E-state index >= 15 is 0 Å². The fourth-order valence-corrected chi connectivity index (χ4v) is 3.75. The van der Waals surface area contributed by atoms with Crippen LogP contribution < -0.4 is 15.7 Å². The number of anilines is 3. The van der Waals surface area contributed by atoms with E-state index in [0.29, 0.717) is 5.92 Å². The van der Waals surface area contributed by atoms with Gasteiger partial charge in [0.2, 0.25) is 0 Å². The molecule has 3 N–H and O–H groups in total. The molecule has 0 bridgehead atoms. The Morgan fingerprint density at radius 1 is 1.34 bits per heavy atom. The highest BCUT2D eigenvalue weighted by molar-refractivity contribution is 5.67. The average Bonchev–Trinajstić information content (AvgIpc) is 3.43. The van der Waals surface area contributed by atoms with Gasteiger partial charge in [0.1, 0.15) is 11.9 Å². The van der Waals surface area contributed by atoms with Gasteiger partial charge in [-0.05, 0) is 51.7 Å². The third-order valence-electron chi connectivity index (χ3n) is 5.15. The number of amides is 1. The summed E-state index contributed by atoms with van der Waals surface area (Å²) in [6.45, 7) is 5.48. The van der Waals surface area contributed by atoms with Crippen LogP contribution in [0.3, 0.4) is 0 Å². The summed E-state index contributed by atoms with van der Waals surface area (Å²) in [4.78, 5) is 21.8. The van der Waals surface area contributed by atoms with Gasteiger partial charge in [0.05, 0.1) is 18.5 Å². The molecule has 2 atom stereocenters. The predicted molar refractivity (Wildman–Crippen MR) is 109 cm³/mol. The summed E-state index contributed by atoms with van der Waals surface area (Å²) >= 11 is 0. The van der Waals surface area contributed by atoms with Crippen molar-refractivity contribution in [2.75, 3.05) is 23.5 Å². The fraction of sp³-hybridized carbons (Fsp3) is 0.550. The molecule has 2 fully saturated rings. The Morgan fingerprint density at radius 3 is 2.97 bits per heavy atom. The summed E-state index contributed by atoms with van der Waals surface area (Å²) in [5.41, 5.74) is 2.00. The molecular formula is C20H28N6O3. The van der Waals surface area contributed by atoms with Crippen molar-refractivity contribution in [2.24, 2.45) is 0 Å². The lowest BCUT2D eigenvalue weighted by Gasteiger charge is -2.15. The van der Waals surface area contributed by atoms with Crippen LogP contribution in [0.5, 0.6) is 0 Å². The Kier molecular flexibility index (Phi) is 5.84. The van der Waals surface area contributed by atoms with Crippen LogP contribution in [0.15, 0.2) is 24.4 Å². The highest BCUT2D eigenvalue weighted by Gasteiger charge is 2.30. The molecule has 1 aliphatic heterocycles. The first-order valence-electron chi connectivity index (χ1n) is 10.2. The molecule has 2 aromatic rings. The maximum atomic E-state index is 11.8. The SMILES string of the molecule is CC(C)NC(=O)OC1CCC(c2cc(Nc3ccc(N4CCCO4)cn3)n[nH]2)C1. The van der Waals surface area contributed by atoms with Crippen LogP contribution in [0.4, 0.5) is 22.1 Å². The lowest BCUT2D eigenvalue weighted by Crippen LogP contribution is -2.33. The number of carbonyl (C=O) groups excluding carboxylic acids is 1. The van der Waals surface area contributed by atoms with E-state index in [1.807, 2.05) is 37.1 Å². The van der Waals surface area contributed by atoms with Crippen molar-refractivity contribution in [3.05, 3.63) is 30.1 Å². The van der Waals surface area contributed by atoms with Crippen molar-refractivity contribution in [3.63, 3.8) is 0 Å². The molecule has 0 spiro atoms. The van der Waals surface area contributed by atoms with E-state index in [9.17, 15) is 4.79 Å². The van der Waals surface area contributed by atoms with E-state index in [1.165, 1.54) is 0 Å². The third-order valence-corrected chi connectivity index (χ3v) is 5.15. The van der Waals surface area contributed by atoms with Gasteiger partial charge < -0.3 is 15.4 Å². The molecule has 4 rings (SSSR count). The zero-order valence-corrected chi connectivity index (χ0v) is 16.9. The van der Waals surface area contributed by atoms with Crippen molar-refractivity contribution < 1.29 is 14.4 Å². The maximum Gasteiger partial charge on any atom is 0.407 e. The number of carbonyl (C=O) groups is 1. The molecule has 2 aromatic heterocycles. The Balaban J connectivity index is 1.30. The molecule has 3 heterocycles. The van der Waals surface area contributed by atoms with Gasteiger partial charge in [-0.25, -0.2) is 9.78 Å². The summed E-state index contributed by atoms with van der Waals surface area (Å²) in [5, 5.41) is 15.3. The zero-order valence-electron chi connectivity index (χ0n) is 16.9. The molecule has 156 valence electrons. The second-order valence-electron chi connectivity index (χ2n) is 7.86. The molecule has 0 radical (unpaired) electrons. The molecule has 29 heavy (non-hydrogen) atoms. The Morgan fingerprint density at radius 2 is 2.24 bits per heavy atom. The molecule has 1 saturated carbocycles. The smallest absolute Gasteiger partial charge is 0.407 e. The average molecular weight is 400 g/mol. The van der Waals surface area contributed by atoms with Crippen molar-refractivity contribution in [1.29, 1.82) is 0 Å². The summed E-state index contributed by atoms with van der Waals surface area (Å²) in [6.07, 6.45) is 5.06. The fourth-order valence-electron chi connectivity index (χ4n) is 3.75. The van der Waals surface area contributed by atoms with Crippen LogP contribution in [-0.4, -0.2) is 46.6 Å². The van der Waals surface area contributed by atoms with Gasteiger partial charge in [-0.3, -0.25) is 15.0 Å². The normalized spacial score (nSPS) is 21.6.